The molecule has 2 aromatic rings. The topological polar surface area (TPSA) is 59.9 Å². The Morgan fingerprint density at radius 2 is 1.59 bits per heavy atom. The van der Waals surface area contributed by atoms with Gasteiger partial charge in [-0.05, 0) is 44.0 Å². The molecule has 0 aliphatic carbocycles. The average Bonchev–Trinajstić information content (AvgIpc) is 2.76. The van der Waals surface area contributed by atoms with Gasteiger partial charge in [-0.2, -0.15) is 5.10 Å². The van der Waals surface area contributed by atoms with Gasteiger partial charge in [0.25, 0.3) is 5.91 Å². The van der Waals surface area contributed by atoms with E-state index in [1.807, 2.05) is 49.4 Å². The highest BCUT2D eigenvalue weighted by Crippen LogP contribution is 2.18. The molecular formula is C24H32N2O3. The Kier molecular flexibility index (Phi) is 10.4. The quantitative estimate of drug-likeness (QED) is 0.272. The number of para-hydroxylation sites is 2. The van der Waals surface area contributed by atoms with Crippen molar-refractivity contribution in [2.24, 2.45) is 5.10 Å². The van der Waals surface area contributed by atoms with Crippen molar-refractivity contribution in [3.63, 3.8) is 0 Å². The molecule has 5 heteroatoms. The van der Waals surface area contributed by atoms with Crippen molar-refractivity contribution < 1.29 is 14.3 Å². The summed E-state index contributed by atoms with van der Waals surface area (Å²) in [6.45, 7) is 4.90. The van der Waals surface area contributed by atoms with Crippen molar-refractivity contribution in [1.29, 1.82) is 0 Å². The second kappa shape index (κ2) is 13.4. The van der Waals surface area contributed by atoms with E-state index in [0.29, 0.717) is 24.5 Å². The first kappa shape index (κ1) is 22.5. The maximum atomic E-state index is 12.5. The van der Waals surface area contributed by atoms with E-state index in [1.54, 1.807) is 12.1 Å². The second-order valence-electron chi connectivity index (χ2n) is 6.96. The Morgan fingerprint density at radius 3 is 2.38 bits per heavy atom. The zero-order valence-electron chi connectivity index (χ0n) is 17.5. The van der Waals surface area contributed by atoms with Gasteiger partial charge in [-0.15, -0.1) is 0 Å². The summed E-state index contributed by atoms with van der Waals surface area (Å²) in [7, 11) is 0. The minimum atomic E-state index is -0.269. The molecule has 1 N–H and O–H groups in total. The lowest BCUT2D eigenvalue weighted by Gasteiger charge is -2.11. The number of nitrogens with one attached hydrogen (secondary N) is 1. The molecule has 0 spiro atoms. The molecule has 2 rings (SSSR count). The van der Waals surface area contributed by atoms with Gasteiger partial charge in [0.15, 0.2) is 0 Å². The van der Waals surface area contributed by atoms with Crippen LogP contribution in [-0.4, -0.2) is 24.8 Å². The van der Waals surface area contributed by atoms with Crippen LogP contribution in [-0.2, 0) is 0 Å². The summed E-state index contributed by atoms with van der Waals surface area (Å²) in [6, 6.07) is 16.7. The van der Waals surface area contributed by atoms with Crippen molar-refractivity contribution >= 4 is 11.6 Å². The molecule has 0 unspecified atom stereocenters. The van der Waals surface area contributed by atoms with E-state index in [9.17, 15) is 4.79 Å². The number of carbonyl (C=O) groups excluding carboxylic acids is 1. The minimum absolute atomic E-state index is 0.269. The summed E-state index contributed by atoms with van der Waals surface area (Å²) in [5.74, 6) is 1.05. The van der Waals surface area contributed by atoms with Crippen molar-refractivity contribution in [3.05, 3.63) is 60.2 Å². The maximum Gasteiger partial charge on any atom is 0.275 e. The number of unbranched alkanes of at least 4 members (excludes halogenated alkanes) is 4. The van der Waals surface area contributed by atoms with Crippen LogP contribution in [0.4, 0.5) is 0 Å². The normalized spacial score (nSPS) is 11.2. The third kappa shape index (κ3) is 8.81. The number of hydrogen-bond donors (Lipinski definition) is 1. The minimum Gasteiger partial charge on any atom is -0.490 e. The second-order valence-corrected chi connectivity index (χ2v) is 6.96. The largest absolute Gasteiger partial charge is 0.490 e. The summed E-state index contributed by atoms with van der Waals surface area (Å²) < 4.78 is 11.4. The standard InChI is InChI=1S/C24H32N2O3/c1-3-4-5-6-8-13-20(2)25-26-24(27)22-16-11-12-17-23(22)29-19-18-28-21-14-9-7-10-15-21/h7,9-12,14-17H,3-6,8,13,18-19H2,1-2H3,(H,26,27)/b25-20+. The fraction of sp³-hybridized carbons (Fsp3) is 0.417. The summed E-state index contributed by atoms with van der Waals surface area (Å²) >= 11 is 0. The monoisotopic (exact) mass is 396 g/mol. The Hall–Kier alpha value is -2.82. The number of hydrogen-bond acceptors (Lipinski definition) is 4. The summed E-state index contributed by atoms with van der Waals surface area (Å²) in [6.07, 6.45) is 6.99. The fourth-order valence-electron chi connectivity index (χ4n) is 2.85. The molecule has 0 saturated carbocycles. The van der Waals surface area contributed by atoms with Gasteiger partial charge in [0, 0.05) is 5.71 Å². The molecule has 0 heterocycles. The van der Waals surface area contributed by atoms with Crippen LogP contribution in [0.2, 0.25) is 0 Å². The Balaban J connectivity index is 1.78. The van der Waals surface area contributed by atoms with Crippen molar-refractivity contribution in [2.45, 2.75) is 52.4 Å². The van der Waals surface area contributed by atoms with Gasteiger partial charge >= 0.3 is 0 Å². The highest BCUT2D eigenvalue weighted by Gasteiger charge is 2.11. The van der Waals surface area contributed by atoms with Gasteiger partial charge < -0.3 is 9.47 Å². The van der Waals surface area contributed by atoms with Crippen LogP contribution >= 0.6 is 0 Å². The van der Waals surface area contributed by atoms with Crippen LogP contribution < -0.4 is 14.9 Å². The summed E-state index contributed by atoms with van der Waals surface area (Å²) in [4.78, 5) is 12.5. The molecule has 0 saturated heterocycles. The van der Waals surface area contributed by atoms with Gasteiger partial charge in [0.2, 0.25) is 0 Å². The van der Waals surface area contributed by atoms with Gasteiger partial charge in [0.05, 0.1) is 5.56 Å². The highest BCUT2D eigenvalue weighted by molar-refractivity contribution is 5.97. The van der Waals surface area contributed by atoms with Crippen molar-refractivity contribution in [2.75, 3.05) is 13.2 Å². The predicted octanol–water partition coefficient (Wildman–Crippen LogP) is 5.61. The number of carbonyl (C=O) groups is 1. The van der Waals surface area contributed by atoms with E-state index in [4.69, 9.17) is 9.47 Å². The van der Waals surface area contributed by atoms with Crippen LogP contribution in [0, 0.1) is 0 Å². The van der Waals surface area contributed by atoms with Crippen LogP contribution in [0.1, 0.15) is 62.7 Å². The molecule has 0 aromatic heterocycles. The van der Waals surface area contributed by atoms with E-state index in [2.05, 4.69) is 17.5 Å². The molecule has 0 bridgehead atoms. The van der Waals surface area contributed by atoms with Crippen LogP contribution in [0.3, 0.4) is 0 Å². The molecule has 29 heavy (non-hydrogen) atoms. The highest BCUT2D eigenvalue weighted by atomic mass is 16.5. The van der Waals surface area contributed by atoms with Gasteiger partial charge in [-0.25, -0.2) is 5.43 Å². The number of amides is 1. The Labute approximate surface area is 174 Å². The first-order valence-electron chi connectivity index (χ1n) is 10.4. The zero-order chi connectivity index (χ0) is 20.7. The molecule has 0 aliphatic heterocycles. The number of rotatable bonds is 13. The third-order valence-electron chi connectivity index (χ3n) is 4.47. The number of hydrazone groups is 1. The molecule has 1 amide bonds. The average molecular weight is 397 g/mol. The van der Waals surface area contributed by atoms with E-state index in [0.717, 1.165) is 24.3 Å². The number of benzene rings is 2. The van der Waals surface area contributed by atoms with E-state index >= 15 is 0 Å². The number of ether oxygens (including phenoxy) is 2. The number of nitrogens with zero attached hydrogens (tertiary/aromatic N) is 1. The van der Waals surface area contributed by atoms with E-state index in [1.165, 1.54) is 25.7 Å². The summed E-state index contributed by atoms with van der Waals surface area (Å²) in [5.41, 5.74) is 4.04. The Morgan fingerprint density at radius 1 is 0.897 bits per heavy atom. The molecule has 5 nitrogen and oxygen atoms in total. The first-order chi connectivity index (χ1) is 14.2. The lowest BCUT2D eigenvalue weighted by molar-refractivity contribution is 0.0949. The molecule has 0 radical (unpaired) electrons. The SMILES string of the molecule is CCCCCCC/C(C)=N/NC(=O)c1ccccc1OCCOc1ccccc1. The Bertz CT molecular complexity index is 760. The molecular weight excluding hydrogens is 364 g/mol. The molecule has 156 valence electrons. The molecule has 0 fully saturated rings. The lowest BCUT2D eigenvalue weighted by atomic mass is 10.1. The van der Waals surface area contributed by atoms with Crippen LogP contribution in [0.25, 0.3) is 0 Å². The maximum absolute atomic E-state index is 12.5. The fourth-order valence-corrected chi connectivity index (χ4v) is 2.85. The van der Waals surface area contributed by atoms with E-state index in [-0.39, 0.29) is 5.91 Å². The van der Waals surface area contributed by atoms with Crippen molar-refractivity contribution in [3.8, 4) is 11.5 Å². The van der Waals surface area contributed by atoms with Gasteiger partial charge in [-0.3, -0.25) is 4.79 Å². The van der Waals surface area contributed by atoms with Crippen LogP contribution in [0.15, 0.2) is 59.7 Å². The molecule has 2 aromatic carbocycles. The zero-order valence-corrected chi connectivity index (χ0v) is 17.5. The smallest absolute Gasteiger partial charge is 0.275 e. The lowest BCUT2D eigenvalue weighted by Crippen LogP contribution is -2.20. The third-order valence-corrected chi connectivity index (χ3v) is 4.47. The summed E-state index contributed by atoms with van der Waals surface area (Å²) in [5, 5.41) is 4.23. The van der Waals surface area contributed by atoms with E-state index < -0.39 is 0 Å². The van der Waals surface area contributed by atoms with Crippen molar-refractivity contribution in [1.82, 2.24) is 5.43 Å². The van der Waals surface area contributed by atoms with Gasteiger partial charge in [0.1, 0.15) is 24.7 Å². The molecule has 0 aliphatic rings. The van der Waals surface area contributed by atoms with Gasteiger partial charge in [-0.1, -0.05) is 62.9 Å². The first-order valence-corrected chi connectivity index (χ1v) is 10.4. The van der Waals surface area contributed by atoms with Crippen LogP contribution in [0.5, 0.6) is 11.5 Å². The predicted molar refractivity (Wildman–Crippen MR) is 118 cm³/mol. The molecule has 0 atom stereocenters.